The van der Waals surface area contributed by atoms with Crippen molar-refractivity contribution >= 4 is 21.6 Å². The van der Waals surface area contributed by atoms with Gasteiger partial charge >= 0.3 is 0 Å². The summed E-state index contributed by atoms with van der Waals surface area (Å²) in [6.07, 6.45) is 0. The molecule has 0 bridgehead atoms. The van der Waals surface area contributed by atoms with Crippen LogP contribution in [0.15, 0.2) is 40.9 Å². The van der Waals surface area contributed by atoms with Crippen molar-refractivity contribution in [2.45, 2.75) is 13.0 Å². The Morgan fingerprint density at radius 3 is 2.55 bits per heavy atom. The first kappa shape index (κ1) is 14.8. The van der Waals surface area contributed by atoms with Crippen molar-refractivity contribution in [2.75, 3.05) is 12.4 Å². The third kappa shape index (κ3) is 3.10. The van der Waals surface area contributed by atoms with Crippen LogP contribution in [0.2, 0.25) is 0 Å². The van der Waals surface area contributed by atoms with Crippen molar-refractivity contribution in [1.82, 2.24) is 0 Å². The van der Waals surface area contributed by atoms with E-state index >= 15 is 0 Å². The highest BCUT2D eigenvalue weighted by Gasteiger charge is 2.14. The highest BCUT2D eigenvalue weighted by Crippen LogP contribution is 2.30. The van der Waals surface area contributed by atoms with Crippen LogP contribution in [0.4, 0.5) is 14.5 Å². The van der Waals surface area contributed by atoms with E-state index < -0.39 is 11.6 Å². The first-order chi connectivity index (χ1) is 9.52. The van der Waals surface area contributed by atoms with E-state index in [0.29, 0.717) is 5.75 Å². The summed E-state index contributed by atoms with van der Waals surface area (Å²) in [4.78, 5) is 0. The van der Waals surface area contributed by atoms with Crippen LogP contribution in [0.25, 0.3) is 0 Å². The van der Waals surface area contributed by atoms with Gasteiger partial charge in [-0.05, 0) is 35.0 Å². The summed E-state index contributed by atoms with van der Waals surface area (Å²) in [6, 6.07) is 9.53. The van der Waals surface area contributed by atoms with E-state index in [9.17, 15) is 8.78 Å². The van der Waals surface area contributed by atoms with Gasteiger partial charge in [-0.25, -0.2) is 8.78 Å². The van der Waals surface area contributed by atoms with E-state index in [4.69, 9.17) is 4.74 Å². The first-order valence-electron chi connectivity index (χ1n) is 6.07. The van der Waals surface area contributed by atoms with Crippen LogP contribution >= 0.6 is 15.9 Å². The molecule has 0 aliphatic heterocycles. The lowest BCUT2D eigenvalue weighted by atomic mass is 10.1. The van der Waals surface area contributed by atoms with Crippen LogP contribution in [0.3, 0.4) is 0 Å². The van der Waals surface area contributed by atoms with Crippen LogP contribution in [0.1, 0.15) is 18.5 Å². The molecule has 106 valence electrons. The summed E-state index contributed by atoms with van der Waals surface area (Å²) >= 11 is 3.05. The summed E-state index contributed by atoms with van der Waals surface area (Å²) in [5, 5.41) is 3.02. The summed E-state index contributed by atoms with van der Waals surface area (Å²) in [5.74, 6) is -0.542. The Hall–Kier alpha value is -1.62. The van der Waals surface area contributed by atoms with Gasteiger partial charge in [0.05, 0.1) is 23.3 Å². The third-order valence-corrected chi connectivity index (χ3v) is 3.60. The van der Waals surface area contributed by atoms with Crippen LogP contribution in [0.5, 0.6) is 5.75 Å². The molecule has 0 amide bonds. The molecule has 1 unspecified atom stereocenters. The van der Waals surface area contributed by atoms with Crippen molar-refractivity contribution in [2.24, 2.45) is 0 Å². The zero-order chi connectivity index (χ0) is 14.7. The second kappa shape index (κ2) is 6.22. The molecule has 1 N–H and O–H groups in total. The summed E-state index contributed by atoms with van der Waals surface area (Å²) in [5.41, 5.74) is 1.13. The van der Waals surface area contributed by atoms with E-state index in [-0.39, 0.29) is 16.2 Å². The number of halogens is 3. The lowest BCUT2D eigenvalue weighted by molar-refractivity contribution is 0.408. The Kier molecular flexibility index (Phi) is 4.60. The minimum absolute atomic E-state index is 0.182. The number of ether oxygens (including phenoxy) is 1. The summed E-state index contributed by atoms with van der Waals surface area (Å²) < 4.78 is 32.4. The van der Waals surface area contributed by atoms with E-state index in [0.717, 1.165) is 11.6 Å². The van der Waals surface area contributed by atoms with E-state index in [1.54, 1.807) is 7.11 Å². The second-order valence-corrected chi connectivity index (χ2v) is 5.21. The van der Waals surface area contributed by atoms with Crippen LogP contribution in [-0.2, 0) is 0 Å². The maximum atomic E-state index is 13.7. The van der Waals surface area contributed by atoms with E-state index in [1.165, 1.54) is 6.07 Å². The Morgan fingerprint density at radius 2 is 1.85 bits per heavy atom. The topological polar surface area (TPSA) is 21.3 Å². The van der Waals surface area contributed by atoms with Gasteiger partial charge in [0.15, 0.2) is 0 Å². The number of rotatable bonds is 4. The van der Waals surface area contributed by atoms with Crippen molar-refractivity contribution < 1.29 is 13.5 Å². The standard InChI is InChI=1S/C15H14BrF2NO/c1-9(10-5-3-4-6-15(10)20-2)19-14-7-11(16)12(17)8-13(14)18/h3-9,19H,1-2H3. The molecular weight excluding hydrogens is 328 g/mol. The number of para-hydroxylation sites is 1. The molecule has 0 aliphatic carbocycles. The van der Waals surface area contributed by atoms with Gasteiger partial charge in [-0.15, -0.1) is 0 Å². The minimum atomic E-state index is -0.632. The Bertz CT molecular complexity index is 619. The molecule has 0 heterocycles. The number of hydrogen-bond donors (Lipinski definition) is 1. The predicted molar refractivity (Wildman–Crippen MR) is 79.1 cm³/mol. The largest absolute Gasteiger partial charge is 0.496 e. The molecule has 2 aromatic carbocycles. The quantitative estimate of drug-likeness (QED) is 0.798. The molecule has 0 aliphatic rings. The van der Waals surface area contributed by atoms with E-state index in [1.807, 2.05) is 31.2 Å². The highest BCUT2D eigenvalue weighted by atomic mass is 79.9. The average molecular weight is 342 g/mol. The Labute approximate surface area is 124 Å². The number of benzene rings is 2. The summed E-state index contributed by atoms with van der Waals surface area (Å²) in [7, 11) is 1.58. The predicted octanol–water partition coefficient (Wildman–Crippen LogP) is 4.91. The molecule has 0 fully saturated rings. The van der Waals surface area contributed by atoms with Gasteiger partial charge in [0, 0.05) is 11.6 Å². The molecule has 20 heavy (non-hydrogen) atoms. The molecule has 0 spiro atoms. The minimum Gasteiger partial charge on any atom is -0.496 e. The molecule has 5 heteroatoms. The van der Waals surface area contributed by atoms with Gasteiger partial charge in [0.2, 0.25) is 0 Å². The maximum absolute atomic E-state index is 13.7. The van der Waals surface area contributed by atoms with Crippen LogP contribution in [0, 0.1) is 11.6 Å². The number of nitrogens with one attached hydrogen (secondary N) is 1. The molecule has 2 nitrogen and oxygen atoms in total. The summed E-state index contributed by atoms with van der Waals surface area (Å²) in [6.45, 7) is 1.88. The molecule has 0 radical (unpaired) electrons. The lowest BCUT2D eigenvalue weighted by Crippen LogP contribution is -2.09. The van der Waals surface area contributed by atoms with Crippen LogP contribution < -0.4 is 10.1 Å². The third-order valence-electron chi connectivity index (χ3n) is 2.99. The first-order valence-corrected chi connectivity index (χ1v) is 6.86. The second-order valence-electron chi connectivity index (χ2n) is 4.35. The lowest BCUT2D eigenvalue weighted by Gasteiger charge is -2.19. The monoisotopic (exact) mass is 341 g/mol. The van der Waals surface area contributed by atoms with Gasteiger partial charge < -0.3 is 10.1 Å². The zero-order valence-electron chi connectivity index (χ0n) is 11.1. The van der Waals surface area contributed by atoms with Gasteiger partial charge in [-0.3, -0.25) is 0 Å². The maximum Gasteiger partial charge on any atom is 0.149 e. The molecule has 2 aromatic rings. The van der Waals surface area contributed by atoms with Crippen molar-refractivity contribution in [1.29, 1.82) is 0 Å². The smallest absolute Gasteiger partial charge is 0.149 e. The highest BCUT2D eigenvalue weighted by molar-refractivity contribution is 9.10. The van der Waals surface area contributed by atoms with Crippen LogP contribution in [-0.4, -0.2) is 7.11 Å². The van der Waals surface area contributed by atoms with Crippen molar-refractivity contribution in [3.63, 3.8) is 0 Å². The average Bonchev–Trinajstić information content (AvgIpc) is 2.44. The normalized spacial score (nSPS) is 12.1. The van der Waals surface area contributed by atoms with E-state index in [2.05, 4.69) is 21.2 Å². The Morgan fingerprint density at radius 1 is 1.15 bits per heavy atom. The van der Waals surface area contributed by atoms with Gasteiger partial charge in [0.1, 0.15) is 17.4 Å². The molecular formula is C15H14BrF2NO. The molecule has 2 rings (SSSR count). The number of hydrogen-bond acceptors (Lipinski definition) is 2. The van der Waals surface area contributed by atoms with Gasteiger partial charge in [0.25, 0.3) is 0 Å². The van der Waals surface area contributed by atoms with Crippen molar-refractivity contribution in [3.8, 4) is 5.75 Å². The fraction of sp³-hybridized carbons (Fsp3) is 0.200. The number of methoxy groups -OCH3 is 1. The molecule has 0 saturated heterocycles. The fourth-order valence-electron chi connectivity index (χ4n) is 1.97. The molecule has 0 aromatic heterocycles. The number of anilines is 1. The van der Waals surface area contributed by atoms with Gasteiger partial charge in [-0.1, -0.05) is 18.2 Å². The zero-order valence-corrected chi connectivity index (χ0v) is 12.7. The molecule has 0 saturated carbocycles. The van der Waals surface area contributed by atoms with Crippen molar-refractivity contribution in [3.05, 3.63) is 58.1 Å². The SMILES string of the molecule is COc1ccccc1C(C)Nc1cc(Br)c(F)cc1F. The molecule has 1 atom stereocenters. The Balaban J connectivity index is 2.28. The van der Waals surface area contributed by atoms with Gasteiger partial charge in [-0.2, -0.15) is 0 Å². The fourth-order valence-corrected chi connectivity index (χ4v) is 2.31.